The lowest BCUT2D eigenvalue weighted by molar-refractivity contribution is -0.142. The van der Waals surface area contributed by atoms with Gasteiger partial charge < -0.3 is 9.64 Å². The van der Waals surface area contributed by atoms with Crippen LogP contribution in [-0.2, 0) is 9.53 Å². The SMILES string of the molecule is O=C(C1CCOCC1)N(CCBr)C1CCC1. The van der Waals surface area contributed by atoms with Crippen molar-refractivity contribution in [3.8, 4) is 0 Å². The standard InChI is InChI=1S/C12H20BrNO2/c13-6-7-14(11-2-1-3-11)12(15)10-4-8-16-9-5-10/h10-11H,1-9H2. The molecule has 1 heterocycles. The highest BCUT2D eigenvalue weighted by Gasteiger charge is 2.32. The van der Waals surface area contributed by atoms with Crippen LogP contribution in [0.3, 0.4) is 0 Å². The summed E-state index contributed by atoms with van der Waals surface area (Å²) in [7, 11) is 0. The molecule has 0 spiro atoms. The smallest absolute Gasteiger partial charge is 0.226 e. The zero-order valence-corrected chi connectivity index (χ0v) is 11.2. The second kappa shape index (κ2) is 6.01. The molecule has 16 heavy (non-hydrogen) atoms. The molecule has 2 aliphatic rings. The Hall–Kier alpha value is -0.0900. The third kappa shape index (κ3) is 2.77. The number of alkyl halides is 1. The molecule has 92 valence electrons. The molecule has 2 rings (SSSR count). The highest BCUT2D eigenvalue weighted by molar-refractivity contribution is 9.09. The Bertz CT molecular complexity index is 237. The Kier molecular flexibility index (Phi) is 4.65. The first-order chi connectivity index (χ1) is 7.83. The summed E-state index contributed by atoms with van der Waals surface area (Å²) in [6.45, 7) is 2.37. The van der Waals surface area contributed by atoms with Crippen LogP contribution in [0.25, 0.3) is 0 Å². The van der Waals surface area contributed by atoms with Crippen molar-refractivity contribution in [2.75, 3.05) is 25.1 Å². The van der Waals surface area contributed by atoms with E-state index < -0.39 is 0 Å². The molecule has 0 radical (unpaired) electrons. The number of nitrogens with zero attached hydrogens (tertiary/aromatic N) is 1. The molecular formula is C12H20BrNO2. The molecule has 1 saturated heterocycles. The summed E-state index contributed by atoms with van der Waals surface area (Å²) < 4.78 is 5.31. The fourth-order valence-corrected chi connectivity index (χ4v) is 2.82. The third-order valence-corrected chi connectivity index (χ3v) is 4.05. The van der Waals surface area contributed by atoms with Gasteiger partial charge in [0.1, 0.15) is 0 Å². The van der Waals surface area contributed by atoms with Gasteiger partial charge in [0.15, 0.2) is 0 Å². The lowest BCUT2D eigenvalue weighted by atomic mass is 9.89. The van der Waals surface area contributed by atoms with Crippen molar-refractivity contribution in [1.29, 1.82) is 0 Å². The van der Waals surface area contributed by atoms with Crippen LogP contribution in [0.15, 0.2) is 0 Å². The molecule has 0 aromatic rings. The molecule has 1 aliphatic carbocycles. The highest BCUT2D eigenvalue weighted by Crippen LogP contribution is 2.28. The molecule has 0 unspecified atom stereocenters. The van der Waals surface area contributed by atoms with E-state index in [2.05, 4.69) is 20.8 Å². The zero-order valence-electron chi connectivity index (χ0n) is 9.66. The highest BCUT2D eigenvalue weighted by atomic mass is 79.9. The van der Waals surface area contributed by atoms with Crippen molar-refractivity contribution in [2.24, 2.45) is 5.92 Å². The van der Waals surface area contributed by atoms with Crippen molar-refractivity contribution >= 4 is 21.8 Å². The van der Waals surface area contributed by atoms with Crippen LogP contribution in [0, 0.1) is 5.92 Å². The number of halogens is 1. The van der Waals surface area contributed by atoms with Gasteiger partial charge in [0.2, 0.25) is 5.91 Å². The molecule has 3 nitrogen and oxygen atoms in total. The Balaban J connectivity index is 1.92. The number of hydrogen-bond acceptors (Lipinski definition) is 2. The predicted octanol–water partition coefficient (Wildman–Crippen LogP) is 2.19. The van der Waals surface area contributed by atoms with E-state index in [1.54, 1.807) is 0 Å². The zero-order chi connectivity index (χ0) is 11.4. The van der Waals surface area contributed by atoms with E-state index in [-0.39, 0.29) is 5.92 Å². The van der Waals surface area contributed by atoms with Gasteiger partial charge in [0.25, 0.3) is 0 Å². The third-order valence-electron chi connectivity index (χ3n) is 3.69. The van der Waals surface area contributed by atoms with E-state index in [4.69, 9.17) is 4.74 Å². The molecule has 0 N–H and O–H groups in total. The molecule has 2 fully saturated rings. The van der Waals surface area contributed by atoms with E-state index in [9.17, 15) is 4.79 Å². The van der Waals surface area contributed by atoms with Crippen molar-refractivity contribution < 1.29 is 9.53 Å². The molecule has 4 heteroatoms. The number of ether oxygens (including phenoxy) is 1. The quantitative estimate of drug-likeness (QED) is 0.743. The molecule has 0 aromatic carbocycles. The van der Waals surface area contributed by atoms with E-state index >= 15 is 0 Å². The average Bonchev–Trinajstić information content (AvgIpc) is 2.26. The molecule has 1 aliphatic heterocycles. The van der Waals surface area contributed by atoms with E-state index in [0.717, 1.165) is 37.9 Å². The minimum absolute atomic E-state index is 0.216. The fourth-order valence-electron chi connectivity index (χ4n) is 2.44. The minimum Gasteiger partial charge on any atom is -0.381 e. The van der Waals surface area contributed by atoms with Gasteiger partial charge in [-0.25, -0.2) is 0 Å². The van der Waals surface area contributed by atoms with Crippen LogP contribution in [0.4, 0.5) is 0 Å². The second-order valence-electron chi connectivity index (χ2n) is 4.69. The van der Waals surface area contributed by atoms with E-state index in [0.29, 0.717) is 11.9 Å². The van der Waals surface area contributed by atoms with Gasteiger partial charge in [0.05, 0.1) is 0 Å². The number of rotatable bonds is 4. The molecular weight excluding hydrogens is 270 g/mol. The van der Waals surface area contributed by atoms with Gasteiger partial charge in [-0.2, -0.15) is 0 Å². The molecule has 0 atom stereocenters. The first-order valence-corrected chi connectivity index (χ1v) is 7.39. The van der Waals surface area contributed by atoms with Gasteiger partial charge in [-0.1, -0.05) is 15.9 Å². The summed E-state index contributed by atoms with van der Waals surface area (Å²) in [5.41, 5.74) is 0. The van der Waals surface area contributed by atoms with Crippen LogP contribution in [0.2, 0.25) is 0 Å². The Morgan fingerprint density at radius 1 is 1.25 bits per heavy atom. The molecule has 1 amide bonds. The number of hydrogen-bond donors (Lipinski definition) is 0. The van der Waals surface area contributed by atoms with Crippen LogP contribution in [0.5, 0.6) is 0 Å². The number of carbonyl (C=O) groups excluding carboxylic acids is 1. The second-order valence-corrected chi connectivity index (χ2v) is 5.48. The first kappa shape index (κ1) is 12.4. The topological polar surface area (TPSA) is 29.5 Å². The monoisotopic (exact) mass is 289 g/mol. The van der Waals surface area contributed by atoms with Gasteiger partial charge in [-0.05, 0) is 32.1 Å². The lowest BCUT2D eigenvalue weighted by Crippen LogP contribution is -2.48. The van der Waals surface area contributed by atoms with Crippen molar-refractivity contribution in [3.63, 3.8) is 0 Å². The van der Waals surface area contributed by atoms with Crippen LogP contribution in [0.1, 0.15) is 32.1 Å². The normalized spacial score (nSPS) is 22.8. The van der Waals surface area contributed by atoms with Gasteiger partial charge in [-0.3, -0.25) is 4.79 Å². The van der Waals surface area contributed by atoms with Crippen molar-refractivity contribution in [1.82, 2.24) is 4.90 Å². The Morgan fingerprint density at radius 3 is 2.44 bits per heavy atom. The maximum absolute atomic E-state index is 12.4. The van der Waals surface area contributed by atoms with Crippen LogP contribution < -0.4 is 0 Å². The van der Waals surface area contributed by atoms with Gasteiger partial charge >= 0.3 is 0 Å². The molecule has 0 bridgehead atoms. The molecule has 1 saturated carbocycles. The average molecular weight is 290 g/mol. The summed E-state index contributed by atoms with van der Waals surface area (Å²) in [5, 5.41) is 0.887. The van der Waals surface area contributed by atoms with Crippen molar-refractivity contribution in [2.45, 2.75) is 38.1 Å². The van der Waals surface area contributed by atoms with E-state index in [1.165, 1.54) is 19.3 Å². The summed E-state index contributed by atoms with van der Waals surface area (Å²) in [4.78, 5) is 14.5. The van der Waals surface area contributed by atoms with Crippen LogP contribution >= 0.6 is 15.9 Å². The Morgan fingerprint density at radius 2 is 1.94 bits per heavy atom. The summed E-state index contributed by atoms with van der Waals surface area (Å²) in [6.07, 6.45) is 5.49. The summed E-state index contributed by atoms with van der Waals surface area (Å²) in [5.74, 6) is 0.584. The van der Waals surface area contributed by atoms with Crippen molar-refractivity contribution in [3.05, 3.63) is 0 Å². The number of carbonyl (C=O) groups is 1. The fraction of sp³-hybridized carbons (Fsp3) is 0.917. The van der Waals surface area contributed by atoms with Crippen LogP contribution in [-0.4, -0.2) is 41.9 Å². The molecule has 0 aromatic heterocycles. The predicted molar refractivity (Wildman–Crippen MR) is 66.7 cm³/mol. The summed E-state index contributed by atoms with van der Waals surface area (Å²) in [6, 6.07) is 0.521. The maximum atomic E-state index is 12.4. The summed E-state index contributed by atoms with van der Waals surface area (Å²) >= 11 is 3.45. The minimum atomic E-state index is 0.216. The first-order valence-electron chi connectivity index (χ1n) is 6.27. The maximum Gasteiger partial charge on any atom is 0.226 e. The number of amides is 1. The van der Waals surface area contributed by atoms with Gasteiger partial charge in [0, 0.05) is 37.0 Å². The Labute approximate surface area is 106 Å². The largest absolute Gasteiger partial charge is 0.381 e. The van der Waals surface area contributed by atoms with E-state index in [1.807, 2.05) is 0 Å². The lowest BCUT2D eigenvalue weighted by Gasteiger charge is -2.39. The van der Waals surface area contributed by atoms with Gasteiger partial charge in [-0.15, -0.1) is 0 Å².